The lowest BCUT2D eigenvalue weighted by molar-refractivity contribution is -0.116. The van der Waals surface area contributed by atoms with E-state index in [9.17, 15) is 9.18 Å². The first-order chi connectivity index (χ1) is 12.0. The predicted molar refractivity (Wildman–Crippen MR) is 99.7 cm³/mol. The molecule has 1 aliphatic heterocycles. The van der Waals surface area contributed by atoms with Crippen LogP contribution in [0.2, 0.25) is 0 Å². The van der Waals surface area contributed by atoms with Gasteiger partial charge in [0.1, 0.15) is 5.82 Å². The Morgan fingerprint density at radius 3 is 2.72 bits per heavy atom. The van der Waals surface area contributed by atoms with E-state index >= 15 is 0 Å². The van der Waals surface area contributed by atoms with Crippen molar-refractivity contribution in [3.8, 4) is 0 Å². The number of carbonyl (C=O) groups is 1. The number of amides is 1. The van der Waals surface area contributed by atoms with Crippen LogP contribution in [0.1, 0.15) is 19.0 Å². The summed E-state index contributed by atoms with van der Waals surface area (Å²) in [4.78, 5) is 23.0. The second kappa shape index (κ2) is 7.93. The molecular weight excluding hydrogens is 339 g/mol. The summed E-state index contributed by atoms with van der Waals surface area (Å²) in [5.74, 6) is -0.396. The van der Waals surface area contributed by atoms with E-state index in [0.717, 1.165) is 43.4 Å². The summed E-state index contributed by atoms with van der Waals surface area (Å²) in [5, 5.41) is 3.01. The van der Waals surface area contributed by atoms with E-state index in [1.165, 1.54) is 19.1 Å². The zero-order valence-electron chi connectivity index (χ0n) is 14.6. The van der Waals surface area contributed by atoms with E-state index in [1.807, 2.05) is 5.38 Å². The van der Waals surface area contributed by atoms with Gasteiger partial charge in [0.15, 0.2) is 5.13 Å². The highest BCUT2D eigenvalue weighted by molar-refractivity contribution is 7.13. The minimum absolute atomic E-state index is 0.0856. The topological polar surface area (TPSA) is 39.7 Å². The van der Waals surface area contributed by atoms with Crippen LogP contribution in [-0.4, -0.2) is 49.0 Å². The molecule has 0 atom stereocenters. The van der Waals surface area contributed by atoms with Gasteiger partial charge in [-0.2, -0.15) is 0 Å². The largest absolute Gasteiger partial charge is 0.347 e. The molecule has 2 aromatic rings. The zero-order chi connectivity index (χ0) is 17.8. The van der Waals surface area contributed by atoms with Gasteiger partial charge < -0.3 is 14.7 Å². The molecule has 1 aromatic carbocycles. The maximum absolute atomic E-state index is 13.1. The molecule has 0 spiro atoms. The van der Waals surface area contributed by atoms with Crippen LogP contribution < -0.4 is 9.80 Å². The Hall–Kier alpha value is -1.99. The molecule has 0 radical (unpaired) electrons. The standard InChI is InChI=1S/C18H23FN4OS/c1-14(24)23(17-6-4-15(19)5-7-17)12-16-13-25-18(20-16)22-9-3-8-21(2)10-11-22/h4-7,13H,3,8-12H2,1-2H3. The number of thiazole rings is 1. The van der Waals surface area contributed by atoms with Crippen molar-refractivity contribution in [3.05, 3.63) is 41.2 Å². The average molecular weight is 362 g/mol. The zero-order valence-corrected chi connectivity index (χ0v) is 15.4. The SMILES string of the molecule is CC(=O)N(Cc1csc(N2CCCN(C)CC2)n1)c1ccc(F)cc1. The minimum atomic E-state index is -0.311. The third-order valence-electron chi connectivity index (χ3n) is 4.37. The number of rotatable bonds is 4. The van der Waals surface area contributed by atoms with Gasteiger partial charge in [-0.25, -0.2) is 9.37 Å². The first-order valence-electron chi connectivity index (χ1n) is 8.44. The second-order valence-corrected chi connectivity index (χ2v) is 7.18. The molecule has 1 saturated heterocycles. The van der Waals surface area contributed by atoms with Crippen molar-refractivity contribution < 1.29 is 9.18 Å². The number of nitrogens with zero attached hydrogens (tertiary/aromatic N) is 4. The number of hydrogen-bond acceptors (Lipinski definition) is 5. The molecule has 134 valence electrons. The van der Waals surface area contributed by atoms with E-state index in [-0.39, 0.29) is 11.7 Å². The molecule has 0 unspecified atom stereocenters. The summed E-state index contributed by atoms with van der Waals surface area (Å²) < 4.78 is 13.1. The second-order valence-electron chi connectivity index (χ2n) is 6.35. The molecule has 1 fully saturated rings. The minimum Gasteiger partial charge on any atom is -0.347 e. The van der Waals surface area contributed by atoms with Crippen LogP contribution in [-0.2, 0) is 11.3 Å². The molecule has 25 heavy (non-hydrogen) atoms. The van der Waals surface area contributed by atoms with Gasteiger partial charge in [-0.15, -0.1) is 11.3 Å². The fourth-order valence-corrected chi connectivity index (χ4v) is 3.79. The van der Waals surface area contributed by atoms with Crippen molar-refractivity contribution in [1.29, 1.82) is 0 Å². The number of aromatic nitrogens is 1. The third kappa shape index (κ3) is 4.55. The maximum atomic E-state index is 13.1. The number of carbonyl (C=O) groups excluding carboxylic acids is 1. The van der Waals surface area contributed by atoms with E-state index in [4.69, 9.17) is 4.98 Å². The van der Waals surface area contributed by atoms with Gasteiger partial charge in [0.05, 0.1) is 12.2 Å². The fraction of sp³-hybridized carbons (Fsp3) is 0.444. The molecule has 3 rings (SSSR count). The third-order valence-corrected chi connectivity index (χ3v) is 5.32. The van der Waals surface area contributed by atoms with Gasteiger partial charge in [0, 0.05) is 37.6 Å². The Labute approximate surface area is 151 Å². The summed E-state index contributed by atoms with van der Waals surface area (Å²) in [7, 11) is 2.14. The van der Waals surface area contributed by atoms with Gasteiger partial charge in [-0.1, -0.05) is 0 Å². The summed E-state index contributed by atoms with van der Waals surface area (Å²) in [6.07, 6.45) is 1.13. The van der Waals surface area contributed by atoms with Crippen molar-refractivity contribution >= 4 is 28.1 Å². The normalized spacial score (nSPS) is 15.9. The lowest BCUT2D eigenvalue weighted by atomic mass is 10.2. The van der Waals surface area contributed by atoms with E-state index in [1.54, 1.807) is 28.4 Å². The van der Waals surface area contributed by atoms with Gasteiger partial charge in [0.25, 0.3) is 0 Å². The van der Waals surface area contributed by atoms with Crippen LogP contribution >= 0.6 is 11.3 Å². The van der Waals surface area contributed by atoms with Gasteiger partial charge in [0.2, 0.25) is 5.91 Å². The van der Waals surface area contributed by atoms with Crippen molar-refractivity contribution in [1.82, 2.24) is 9.88 Å². The van der Waals surface area contributed by atoms with Gasteiger partial charge in [-0.05, 0) is 44.3 Å². The molecule has 1 aromatic heterocycles. The Balaban J connectivity index is 1.72. The highest BCUT2D eigenvalue weighted by Gasteiger charge is 2.18. The van der Waals surface area contributed by atoms with Crippen LogP contribution in [0.5, 0.6) is 0 Å². The Kier molecular flexibility index (Phi) is 5.65. The number of halogens is 1. The summed E-state index contributed by atoms with van der Waals surface area (Å²) in [6.45, 7) is 6.03. The molecule has 5 nitrogen and oxygen atoms in total. The Morgan fingerprint density at radius 2 is 2.00 bits per heavy atom. The van der Waals surface area contributed by atoms with Crippen LogP contribution in [0, 0.1) is 5.82 Å². The Morgan fingerprint density at radius 1 is 1.24 bits per heavy atom. The van der Waals surface area contributed by atoms with Crippen LogP contribution in [0.15, 0.2) is 29.6 Å². The number of hydrogen-bond donors (Lipinski definition) is 0. The highest BCUT2D eigenvalue weighted by Crippen LogP contribution is 2.24. The summed E-state index contributed by atoms with van der Waals surface area (Å²) in [5.41, 5.74) is 1.54. The van der Waals surface area contributed by atoms with Crippen LogP contribution in [0.3, 0.4) is 0 Å². The number of likely N-dealkylation sites (N-methyl/N-ethyl adjacent to an activating group) is 1. The number of anilines is 2. The molecule has 0 saturated carbocycles. The van der Waals surface area contributed by atoms with Crippen molar-refractivity contribution in [2.24, 2.45) is 0 Å². The van der Waals surface area contributed by atoms with E-state index in [2.05, 4.69) is 16.8 Å². The molecular formula is C18H23FN4OS. The van der Waals surface area contributed by atoms with Crippen LogP contribution in [0.4, 0.5) is 15.2 Å². The van der Waals surface area contributed by atoms with E-state index in [0.29, 0.717) is 12.2 Å². The number of benzene rings is 1. The molecule has 1 amide bonds. The first-order valence-corrected chi connectivity index (χ1v) is 9.32. The monoisotopic (exact) mass is 362 g/mol. The Bertz CT molecular complexity index is 718. The van der Waals surface area contributed by atoms with E-state index < -0.39 is 0 Å². The highest BCUT2D eigenvalue weighted by atomic mass is 32.1. The summed E-state index contributed by atoms with van der Waals surface area (Å²) >= 11 is 1.62. The summed E-state index contributed by atoms with van der Waals surface area (Å²) in [6, 6.07) is 5.97. The van der Waals surface area contributed by atoms with Crippen LogP contribution in [0.25, 0.3) is 0 Å². The molecule has 2 heterocycles. The molecule has 7 heteroatoms. The van der Waals surface area contributed by atoms with Crippen molar-refractivity contribution in [2.45, 2.75) is 19.9 Å². The first kappa shape index (κ1) is 17.8. The quantitative estimate of drug-likeness (QED) is 0.838. The fourth-order valence-electron chi connectivity index (χ4n) is 2.92. The van der Waals surface area contributed by atoms with Gasteiger partial charge >= 0.3 is 0 Å². The molecule has 0 N–H and O–H groups in total. The van der Waals surface area contributed by atoms with Crippen molar-refractivity contribution in [2.75, 3.05) is 43.0 Å². The lowest BCUT2D eigenvalue weighted by Gasteiger charge is -2.21. The average Bonchev–Trinajstić information content (AvgIpc) is 2.94. The smallest absolute Gasteiger partial charge is 0.224 e. The molecule has 0 aliphatic carbocycles. The molecule has 0 bridgehead atoms. The predicted octanol–water partition coefficient (Wildman–Crippen LogP) is 2.98. The van der Waals surface area contributed by atoms with Gasteiger partial charge in [-0.3, -0.25) is 4.79 Å². The lowest BCUT2D eigenvalue weighted by Crippen LogP contribution is -2.29. The maximum Gasteiger partial charge on any atom is 0.224 e. The van der Waals surface area contributed by atoms with Crippen molar-refractivity contribution in [3.63, 3.8) is 0 Å². The molecule has 1 aliphatic rings.